The van der Waals surface area contributed by atoms with Crippen LogP contribution in [-0.2, 0) is 23.1 Å². The van der Waals surface area contributed by atoms with E-state index in [1.807, 2.05) is 54.6 Å². The molecule has 1 aromatic heterocycles. The van der Waals surface area contributed by atoms with Crippen LogP contribution in [0.2, 0.25) is 0 Å². The minimum atomic E-state index is -3.62. The first kappa shape index (κ1) is 23.1. The van der Waals surface area contributed by atoms with Crippen LogP contribution in [0.3, 0.4) is 0 Å². The van der Waals surface area contributed by atoms with Gasteiger partial charge >= 0.3 is 0 Å². The lowest BCUT2D eigenvalue weighted by molar-refractivity contribution is 0.0925. The van der Waals surface area contributed by atoms with E-state index in [0.29, 0.717) is 32.7 Å². The highest BCUT2D eigenvalue weighted by molar-refractivity contribution is 7.89. The number of amides is 1. The number of nitrogens with one attached hydrogen (secondary N) is 1. The van der Waals surface area contributed by atoms with Crippen LogP contribution in [0.25, 0.3) is 0 Å². The standard InChI is InChI=1S/C25H28N2O5S/c1-19-24(33(29,30)27-15-5-6-16-27)17-23(32-19)25(28)26-14-13-20-9-11-22(12-10-20)31-18-21-7-3-2-4-8-21/h2-4,7-12,17H,5-6,13-16,18H2,1H3,(H,26,28). The molecular formula is C25H28N2O5S. The molecule has 174 valence electrons. The second kappa shape index (κ2) is 10.2. The molecule has 1 aliphatic rings. The molecule has 0 saturated carbocycles. The largest absolute Gasteiger partial charge is 0.489 e. The lowest BCUT2D eigenvalue weighted by Crippen LogP contribution is -2.28. The molecule has 0 aliphatic carbocycles. The van der Waals surface area contributed by atoms with Crippen molar-refractivity contribution < 1.29 is 22.4 Å². The molecule has 0 atom stereocenters. The number of ether oxygens (including phenoxy) is 1. The monoisotopic (exact) mass is 468 g/mol. The Morgan fingerprint density at radius 2 is 1.73 bits per heavy atom. The zero-order valence-corrected chi connectivity index (χ0v) is 19.4. The summed E-state index contributed by atoms with van der Waals surface area (Å²) in [6.07, 6.45) is 2.33. The molecule has 4 rings (SSSR count). The molecule has 3 aromatic rings. The fourth-order valence-corrected chi connectivity index (χ4v) is 5.48. The summed E-state index contributed by atoms with van der Waals surface area (Å²) in [4.78, 5) is 12.6. The number of furan rings is 1. The van der Waals surface area contributed by atoms with Gasteiger partial charge in [-0.3, -0.25) is 4.79 Å². The van der Waals surface area contributed by atoms with Gasteiger partial charge in [-0.2, -0.15) is 4.31 Å². The highest BCUT2D eigenvalue weighted by atomic mass is 32.2. The zero-order chi connectivity index (χ0) is 23.3. The molecule has 0 bridgehead atoms. The first-order valence-corrected chi connectivity index (χ1v) is 12.5. The molecule has 2 aromatic carbocycles. The van der Waals surface area contributed by atoms with Gasteiger partial charge in [-0.15, -0.1) is 0 Å². The van der Waals surface area contributed by atoms with Crippen molar-refractivity contribution in [2.45, 2.75) is 37.7 Å². The number of benzene rings is 2. The van der Waals surface area contributed by atoms with Gasteiger partial charge in [0.1, 0.15) is 23.0 Å². The lowest BCUT2D eigenvalue weighted by Gasteiger charge is -2.14. The molecule has 1 fully saturated rings. The first-order chi connectivity index (χ1) is 15.9. The van der Waals surface area contributed by atoms with E-state index in [4.69, 9.17) is 9.15 Å². The summed E-state index contributed by atoms with van der Waals surface area (Å²) in [5.74, 6) is 0.598. The van der Waals surface area contributed by atoms with E-state index in [-0.39, 0.29) is 16.4 Å². The third-order valence-corrected chi connectivity index (χ3v) is 7.66. The summed E-state index contributed by atoms with van der Waals surface area (Å²) in [7, 11) is -3.62. The van der Waals surface area contributed by atoms with Gasteiger partial charge in [0.15, 0.2) is 5.76 Å². The predicted molar refractivity (Wildman–Crippen MR) is 125 cm³/mol. The normalized spacial score (nSPS) is 14.3. The smallest absolute Gasteiger partial charge is 0.287 e. The van der Waals surface area contributed by atoms with Crippen molar-refractivity contribution in [2.75, 3.05) is 19.6 Å². The molecule has 1 amide bonds. The minimum absolute atomic E-state index is 0.00920. The van der Waals surface area contributed by atoms with Crippen LogP contribution in [-0.4, -0.2) is 38.3 Å². The zero-order valence-electron chi connectivity index (χ0n) is 18.6. The second-order valence-corrected chi connectivity index (χ2v) is 9.97. The minimum Gasteiger partial charge on any atom is -0.489 e. The van der Waals surface area contributed by atoms with Gasteiger partial charge in [0, 0.05) is 25.7 Å². The van der Waals surface area contributed by atoms with Crippen LogP contribution in [0.5, 0.6) is 5.75 Å². The Morgan fingerprint density at radius 3 is 2.42 bits per heavy atom. The summed E-state index contributed by atoms with van der Waals surface area (Å²) in [5, 5.41) is 2.80. The Morgan fingerprint density at radius 1 is 1.03 bits per heavy atom. The number of carbonyl (C=O) groups is 1. The van der Waals surface area contributed by atoms with E-state index in [0.717, 1.165) is 29.7 Å². The third-order valence-electron chi connectivity index (χ3n) is 5.65. The Bertz CT molecular complexity index is 1180. The van der Waals surface area contributed by atoms with E-state index >= 15 is 0 Å². The molecule has 0 spiro atoms. The fourth-order valence-electron chi connectivity index (χ4n) is 3.80. The molecule has 0 radical (unpaired) electrons. The molecule has 1 saturated heterocycles. The maximum absolute atomic E-state index is 12.8. The second-order valence-electron chi connectivity index (χ2n) is 8.07. The number of sulfonamides is 1. The highest BCUT2D eigenvalue weighted by Gasteiger charge is 2.31. The van der Waals surface area contributed by atoms with E-state index in [2.05, 4.69) is 5.32 Å². The van der Waals surface area contributed by atoms with Crippen LogP contribution in [0.15, 0.2) is 70.0 Å². The molecule has 1 aliphatic heterocycles. The molecule has 8 heteroatoms. The fraction of sp³-hybridized carbons (Fsp3) is 0.320. The quantitative estimate of drug-likeness (QED) is 0.514. The number of nitrogens with zero attached hydrogens (tertiary/aromatic N) is 1. The molecular weight excluding hydrogens is 440 g/mol. The summed E-state index contributed by atoms with van der Waals surface area (Å²) >= 11 is 0. The van der Waals surface area contributed by atoms with Gasteiger partial charge in [0.05, 0.1) is 0 Å². The molecule has 7 nitrogen and oxygen atoms in total. The van der Waals surface area contributed by atoms with Crippen LogP contribution in [0.4, 0.5) is 0 Å². The number of hydrogen-bond acceptors (Lipinski definition) is 5. The SMILES string of the molecule is Cc1oc(C(=O)NCCc2ccc(OCc3ccccc3)cc2)cc1S(=O)(=O)N1CCCC1. The summed E-state index contributed by atoms with van der Waals surface area (Å²) in [6.45, 7) is 3.49. The Balaban J connectivity index is 1.28. The third kappa shape index (κ3) is 5.64. The molecule has 0 unspecified atom stereocenters. The number of aryl methyl sites for hydroxylation is 1. The van der Waals surface area contributed by atoms with Crippen molar-refractivity contribution >= 4 is 15.9 Å². The Hall–Kier alpha value is -3.10. The van der Waals surface area contributed by atoms with Crippen molar-refractivity contribution in [1.82, 2.24) is 9.62 Å². The molecule has 2 heterocycles. The molecule has 33 heavy (non-hydrogen) atoms. The predicted octanol–water partition coefficient (Wildman–Crippen LogP) is 3.92. The maximum Gasteiger partial charge on any atom is 0.287 e. The van der Waals surface area contributed by atoms with Gasteiger partial charge in [0.2, 0.25) is 10.0 Å². The van der Waals surface area contributed by atoms with Crippen molar-refractivity contribution in [3.05, 3.63) is 83.3 Å². The average Bonchev–Trinajstić information content (AvgIpc) is 3.50. The lowest BCUT2D eigenvalue weighted by atomic mass is 10.1. The van der Waals surface area contributed by atoms with Gasteiger partial charge < -0.3 is 14.5 Å². The van der Waals surface area contributed by atoms with E-state index in [1.165, 1.54) is 10.4 Å². The van der Waals surface area contributed by atoms with Crippen molar-refractivity contribution in [3.8, 4) is 5.75 Å². The Labute approximate surface area is 194 Å². The van der Waals surface area contributed by atoms with Crippen LogP contribution in [0.1, 0.15) is 40.3 Å². The van der Waals surface area contributed by atoms with Gasteiger partial charge in [-0.05, 0) is 49.4 Å². The first-order valence-electron chi connectivity index (χ1n) is 11.1. The number of hydrogen-bond donors (Lipinski definition) is 1. The van der Waals surface area contributed by atoms with Crippen molar-refractivity contribution in [1.29, 1.82) is 0 Å². The topological polar surface area (TPSA) is 88.8 Å². The Kier molecular flexibility index (Phi) is 7.15. The van der Waals surface area contributed by atoms with E-state index < -0.39 is 15.9 Å². The summed E-state index contributed by atoms with van der Waals surface area (Å²) in [6, 6.07) is 19.0. The summed E-state index contributed by atoms with van der Waals surface area (Å²) in [5.41, 5.74) is 2.16. The van der Waals surface area contributed by atoms with Gasteiger partial charge in [-0.25, -0.2) is 8.42 Å². The number of carbonyl (C=O) groups excluding carboxylic acids is 1. The van der Waals surface area contributed by atoms with Crippen molar-refractivity contribution in [2.24, 2.45) is 0 Å². The van der Waals surface area contributed by atoms with Crippen LogP contribution in [0, 0.1) is 6.92 Å². The van der Waals surface area contributed by atoms with E-state index in [1.54, 1.807) is 6.92 Å². The van der Waals surface area contributed by atoms with Gasteiger partial charge in [-0.1, -0.05) is 42.5 Å². The highest BCUT2D eigenvalue weighted by Crippen LogP contribution is 2.26. The van der Waals surface area contributed by atoms with Crippen LogP contribution >= 0.6 is 0 Å². The van der Waals surface area contributed by atoms with Crippen LogP contribution < -0.4 is 10.1 Å². The molecule has 1 N–H and O–H groups in total. The number of rotatable bonds is 9. The maximum atomic E-state index is 12.8. The summed E-state index contributed by atoms with van der Waals surface area (Å²) < 4.78 is 38.2. The van der Waals surface area contributed by atoms with Crippen molar-refractivity contribution in [3.63, 3.8) is 0 Å². The van der Waals surface area contributed by atoms with E-state index in [9.17, 15) is 13.2 Å². The average molecular weight is 469 g/mol. The van der Waals surface area contributed by atoms with Gasteiger partial charge in [0.25, 0.3) is 5.91 Å².